The normalized spacial score (nSPS) is 17.0. The van der Waals surface area contributed by atoms with Gasteiger partial charge in [-0.15, -0.1) is 0 Å². The number of piperidine rings is 1. The van der Waals surface area contributed by atoms with E-state index < -0.39 is 21.6 Å². The maximum absolute atomic E-state index is 11.7. The number of carbonyl (C=O) groups is 1. The maximum atomic E-state index is 11.7. The van der Waals surface area contributed by atoms with Gasteiger partial charge in [0.2, 0.25) is 0 Å². The number of benzene rings is 1. The van der Waals surface area contributed by atoms with Crippen molar-refractivity contribution in [1.82, 2.24) is 9.80 Å². The van der Waals surface area contributed by atoms with Gasteiger partial charge >= 0.3 is 5.97 Å². The highest BCUT2D eigenvalue weighted by Gasteiger charge is 2.23. The summed E-state index contributed by atoms with van der Waals surface area (Å²) in [7, 11) is -1.36. The Bertz CT molecular complexity index is 640. The summed E-state index contributed by atoms with van der Waals surface area (Å²) in [5.41, 5.74) is 1.31. The fourth-order valence-electron chi connectivity index (χ4n) is 3.32. The van der Waals surface area contributed by atoms with E-state index >= 15 is 0 Å². The first kappa shape index (κ1) is 19.9. The molecule has 1 aliphatic heterocycles. The Kier molecular flexibility index (Phi) is 7.40. The molecule has 25 heavy (non-hydrogen) atoms. The second kappa shape index (κ2) is 9.31. The van der Waals surface area contributed by atoms with Crippen LogP contribution in [0.2, 0.25) is 0 Å². The lowest BCUT2D eigenvalue weighted by molar-refractivity contribution is -0.134. The number of nitrogens with zero attached hydrogens (tertiary/aromatic N) is 2. The summed E-state index contributed by atoms with van der Waals surface area (Å²) in [4.78, 5) is 15.0. The van der Waals surface area contributed by atoms with E-state index in [-0.39, 0.29) is 5.75 Å². The fourth-order valence-corrected chi connectivity index (χ4v) is 4.38. The summed E-state index contributed by atoms with van der Waals surface area (Å²) in [5.74, 6) is -1.49. The van der Waals surface area contributed by atoms with Gasteiger partial charge < -0.3 is 14.9 Å². The van der Waals surface area contributed by atoms with Crippen molar-refractivity contribution in [2.75, 3.05) is 44.7 Å². The predicted octanol–water partition coefficient (Wildman–Crippen LogP) is 1.33. The Balaban J connectivity index is 1.68. The van der Waals surface area contributed by atoms with Gasteiger partial charge in [-0.2, -0.15) is 0 Å². The molecule has 0 aliphatic carbocycles. The smallest absolute Gasteiger partial charge is 0.318 e. The Morgan fingerprint density at radius 1 is 1.24 bits per heavy atom. The summed E-state index contributed by atoms with van der Waals surface area (Å²) in [6, 6.07) is 10.4. The summed E-state index contributed by atoms with van der Waals surface area (Å²) >= 11 is 0. The fraction of sp³-hybridized carbons (Fsp3) is 0.611. The van der Waals surface area contributed by atoms with Crippen molar-refractivity contribution in [1.29, 1.82) is 0 Å². The first-order valence-corrected chi connectivity index (χ1v) is 10.5. The minimum atomic E-state index is -3.50. The van der Waals surface area contributed by atoms with Gasteiger partial charge in [0.1, 0.15) is 5.75 Å². The molecule has 0 radical (unpaired) electrons. The second-order valence-electron chi connectivity index (χ2n) is 6.95. The van der Waals surface area contributed by atoms with E-state index in [9.17, 15) is 13.2 Å². The van der Waals surface area contributed by atoms with Crippen molar-refractivity contribution < 1.29 is 18.3 Å². The van der Waals surface area contributed by atoms with Crippen molar-refractivity contribution in [3.8, 4) is 0 Å². The predicted molar refractivity (Wildman–Crippen MR) is 98.2 cm³/mol. The standard InChI is InChI=1S/C18H28N2O4S/c1-19(13-16-5-3-2-4-6-16)14-17-7-9-20(10-8-17)11-12-25(23,24)15-18(21)22/h2-6,17H,7-15H2,1H3,(H,21,22). The average Bonchev–Trinajstić information content (AvgIpc) is 2.54. The van der Waals surface area contributed by atoms with Crippen LogP contribution in [0, 0.1) is 5.92 Å². The maximum Gasteiger partial charge on any atom is 0.318 e. The van der Waals surface area contributed by atoms with Crippen LogP contribution in [0.1, 0.15) is 18.4 Å². The number of hydrogen-bond donors (Lipinski definition) is 1. The first-order chi connectivity index (χ1) is 11.8. The zero-order valence-corrected chi connectivity index (χ0v) is 15.6. The van der Waals surface area contributed by atoms with E-state index in [0.717, 1.165) is 39.0 Å². The van der Waals surface area contributed by atoms with E-state index in [4.69, 9.17) is 5.11 Å². The molecule has 2 rings (SSSR count). The van der Waals surface area contributed by atoms with Crippen LogP contribution in [0.3, 0.4) is 0 Å². The number of carboxylic acids is 1. The van der Waals surface area contributed by atoms with Gasteiger partial charge in [-0.05, 0) is 44.5 Å². The molecule has 0 atom stereocenters. The van der Waals surface area contributed by atoms with E-state index in [1.165, 1.54) is 5.56 Å². The van der Waals surface area contributed by atoms with Crippen LogP contribution < -0.4 is 0 Å². The molecule has 7 heteroatoms. The molecule has 6 nitrogen and oxygen atoms in total. The highest BCUT2D eigenvalue weighted by molar-refractivity contribution is 7.92. The molecule has 1 N–H and O–H groups in total. The van der Waals surface area contributed by atoms with E-state index in [1.54, 1.807) is 0 Å². The monoisotopic (exact) mass is 368 g/mol. The van der Waals surface area contributed by atoms with Gasteiger partial charge in [0.25, 0.3) is 0 Å². The van der Waals surface area contributed by atoms with Crippen LogP contribution in [0.5, 0.6) is 0 Å². The highest BCUT2D eigenvalue weighted by atomic mass is 32.2. The number of aliphatic carboxylic acids is 1. The van der Waals surface area contributed by atoms with Crippen molar-refractivity contribution in [2.45, 2.75) is 19.4 Å². The summed E-state index contributed by atoms with van der Waals surface area (Å²) in [5, 5.41) is 8.61. The molecule has 1 aromatic rings. The Morgan fingerprint density at radius 2 is 1.88 bits per heavy atom. The van der Waals surface area contributed by atoms with Crippen LogP contribution in [0.4, 0.5) is 0 Å². The largest absolute Gasteiger partial charge is 0.480 e. The Hall–Kier alpha value is -1.44. The third kappa shape index (κ3) is 7.54. The number of rotatable bonds is 9. The number of carboxylic acid groups (broad SMARTS) is 1. The van der Waals surface area contributed by atoms with Crippen molar-refractivity contribution in [2.24, 2.45) is 5.92 Å². The molecule has 140 valence electrons. The molecule has 0 aromatic heterocycles. The first-order valence-electron chi connectivity index (χ1n) is 8.71. The van der Waals surface area contributed by atoms with Crippen molar-refractivity contribution in [3.63, 3.8) is 0 Å². The molecule has 1 saturated heterocycles. The van der Waals surface area contributed by atoms with Gasteiger partial charge in [-0.3, -0.25) is 4.79 Å². The average molecular weight is 368 g/mol. The zero-order valence-electron chi connectivity index (χ0n) is 14.8. The number of sulfone groups is 1. The lowest BCUT2D eigenvalue weighted by Crippen LogP contribution is -2.40. The van der Waals surface area contributed by atoms with Crippen LogP contribution in [0.25, 0.3) is 0 Å². The van der Waals surface area contributed by atoms with Crippen LogP contribution in [-0.4, -0.2) is 74.0 Å². The lowest BCUT2D eigenvalue weighted by atomic mass is 9.96. The summed E-state index contributed by atoms with van der Waals surface area (Å²) in [6.07, 6.45) is 2.11. The molecular weight excluding hydrogens is 340 g/mol. The molecule has 0 spiro atoms. The van der Waals surface area contributed by atoms with Crippen LogP contribution >= 0.6 is 0 Å². The van der Waals surface area contributed by atoms with E-state index in [0.29, 0.717) is 12.5 Å². The van der Waals surface area contributed by atoms with Gasteiger partial charge in [0.15, 0.2) is 9.84 Å². The van der Waals surface area contributed by atoms with Gasteiger partial charge in [0, 0.05) is 19.6 Å². The topological polar surface area (TPSA) is 77.9 Å². The van der Waals surface area contributed by atoms with Gasteiger partial charge in [-0.1, -0.05) is 30.3 Å². The van der Waals surface area contributed by atoms with E-state index in [2.05, 4.69) is 41.1 Å². The second-order valence-corrected chi connectivity index (χ2v) is 9.14. The van der Waals surface area contributed by atoms with Gasteiger partial charge in [0.05, 0.1) is 5.75 Å². The minimum Gasteiger partial charge on any atom is -0.480 e. The third-order valence-corrected chi connectivity index (χ3v) is 6.13. The molecular formula is C18H28N2O4S. The van der Waals surface area contributed by atoms with E-state index in [1.807, 2.05) is 6.07 Å². The zero-order chi connectivity index (χ0) is 18.3. The third-order valence-electron chi connectivity index (χ3n) is 4.63. The SMILES string of the molecule is CN(Cc1ccccc1)CC1CCN(CCS(=O)(=O)CC(=O)O)CC1. The molecule has 1 aliphatic rings. The number of hydrogen-bond acceptors (Lipinski definition) is 5. The molecule has 0 unspecified atom stereocenters. The highest BCUT2D eigenvalue weighted by Crippen LogP contribution is 2.19. The quantitative estimate of drug-likeness (QED) is 0.709. The molecule has 0 saturated carbocycles. The van der Waals surface area contributed by atoms with Crippen molar-refractivity contribution in [3.05, 3.63) is 35.9 Å². The minimum absolute atomic E-state index is 0.0716. The molecule has 0 bridgehead atoms. The molecule has 1 aromatic carbocycles. The molecule has 0 amide bonds. The lowest BCUT2D eigenvalue weighted by Gasteiger charge is -2.33. The molecule has 1 heterocycles. The Labute approximate surface area is 150 Å². The van der Waals surface area contributed by atoms with Crippen LogP contribution in [-0.2, 0) is 21.2 Å². The van der Waals surface area contributed by atoms with Gasteiger partial charge in [-0.25, -0.2) is 8.42 Å². The van der Waals surface area contributed by atoms with Crippen LogP contribution in [0.15, 0.2) is 30.3 Å². The summed E-state index contributed by atoms with van der Waals surface area (Å²) < 4.78 is 23.3. The number of likely N-dealkylation sites (tertiary alicyclic amines) is 1. The Morgan fingerprint density at radius 3 is 2.48 bits per heavy atom. The van der Waals surface area contributed by atoms with Crippen molar-refractivity contribution >= 4 is 15.8 Å². The molecule has 1 fully saturated rings. The summed E-state index contributed by atoms with van der Waals surface area (Å²) in [6.45, 7) is 4.18.